The molecule has 1 saturated heterocycles. The number of anilines is 1. The molecule has 2 N–H and O–H groups in total. The van der Waals surface area contributed by atoms with E-state index in [-0.39, 0.29) is 0 Å². The van der Waals surface area contributed by atoms with Crippen molar-refractivity contribution in [2.24, 2.45) is 23.5 Å². The van der Waals surface area contributed by atoms with Crippen LogP contribution in [0.4, 0.5) is 5.82 Å². The third-order valence-electron chi connectivity index (χ3n) is 3.76. The van der Waals surface area contributed by atoms with Gasteiger partial charge in [0.1, 0.15) is 12.1 Å². The van der Waals surface area contributed by atoms with Gasteiger partial charge in [-0.3, -0.25) is 0 Å². The summed E-state index contributed by atoms with van der Waals surface area (Å²) in [7, 11) is 0. The Kier molecular flexibility index (Phi) is 1.92. The lowest BCUT2D eigenvalue weighted by atomic mass is 10.2. The van der Waals surface area contributed by atoms with E-state index in [2.05, 4.69) is 20.9 Å². The monoisotopic (exact) mass is 204 g/mol. The van der Waals surface area contributed by atoms with E-state index in [1.165, 1.54) is 0 Å². The quantitative estimate of drug-likeness (QED) is 0.759. The van der Waals surface area contributed by atoms with Gasteiger partial charge in [0.25, 0.3) is 0 Å². The summed E-state index contributed by atoms with van der Waals surface area (Å²) < 4.78 is 0. The Morgan fingerprint density at radius 1 is 1.40 bits per heavy atom. The number of fused-ring (bicyclic) bond motifs is 1. The highest BCUT2D eigenvalue weighted by molar-refractivity contribution is 5.42. The van der Waals surface area contributed by atoms with Gasteiger partial charge in [-0.25, -0.2) is 9.97 Å². The first-order valence-corrected chi connectivity index (χ1v) is 5.53. The van der Waals surface area contributed by atoms with Crippen LogP contribution in [0, 0.1) is 24.7 Å². The van der Waals surface area contributed by atoms with Gasteiger partial charge >= 0.3 is 0 Å². The van der Waals surface area contributed by atoms with E-state index in [0.717, 1.165) is 48.9 Å². The molecule has 2 aliphatic rings. The third-order valence-corrected chi connectivity index (χ3v) is 3.76. The fraction of sp³-hybridized carbons (Fsp3) is 0.636. The summed E-state index contributed by atoms with van der Waals surface area (Å²) in [6.45, 7) is 5.11. The van der Waals surface area contributed by atoms with Crippen LogP contribution in [-0.2, 0) is 0 Å². The minimum absolute atomic E-state index is 0.782. The number of hydrogen-bond acceptors (Lipinski definition) is 4. The highest BCUT2D eigenvalue weighted by Crippen LogP contribution is 2.51. The van der Waals surface area contributed by atoms with Crippen LogP contribution >= 0.6 is 0 Å². The Bertz CT molecular complexity index is 367. The van der Waals surface area contributed by atoms with Crippen LogP contribution in [0.5, 0.6) is 0 Å². The molecule has 80 valence electrons. The van der Waals surface area contributed by atoms with E-state index in [0.29, 0.717) is 0 Å². The maximum absolute atomic E-state index is 5.69. The molecule has 0 bridgehead atoms. The van der Waals surface area contributed by atoms with Crippen LogP contribution in [0.1, 0.15) is 5.69 Å². The van der Waals surface area contributed by atoms with Gasteiger partial charge < -0.3 is 10.6 Å². The summed E-state index contributed by atoms with van der Waals surface area (Å²) in [6.07, 6.45) is 1.65. The highest BCUT2D eigenvalue weighted by Gasteiger charge is 2.54. The van der Waals surface area contributed by atoms with E-state index in [1.807, 2.05) is 6.92 Å². The molecule has 1 saturated carbocycles. The van der Waals surface area contributed by atoms with Crippen LogP contribution in [-0.4, -0.2) is 29.6 Å². The number of hydrogen-bond donors (Lipinski definition) is 1. The van der Waals surface area contributed by atoms with Gasteiger partial charge in [-0.2, -0.15) is 0 Å². The van der Waals surface area contributed by atoms with Gasteiger partial charge in [0.15, 0.2) is 0 Å². The number of nitrogens with zero attached hydrogens (tertiary/aromatic N) is 3. The second kappa shape index (κ2) is 3.17. The normalized spacial score (nSPS) is 32.9. The summed E-state index contributed by atoms with van der Waals surface area (Å²) in [5, 5.41) is 0. The van der Waals surface area contributed by atoms with Crippen molar-refractivity contribution < 1.29 is 0 Å². The number of piperidine rings is 1. The predicted octanol–water partition coefficient (Wildman–Crippen LogP) is 0.426. The van der Waals surface area contributed by atoms with Gasteiger partial charge in [-0.1, -0.05) is 0 Å². The summed E-state index contributed by atoms with van der Waals surface area (Å²) in [5.41, 5.74) is 6.73. The average Bonchev–Trinajstić information content (AvgIpc) is 2.70. The Morgan fingerprint density at radius 2 is 2.13 bits per heavy atom. The lowest BCUT2D eigenvalue weighted by molar-refractivity contribution is 0.643. The molecule has 0 spiro atoms. The van der Waals surface area contributed by atoms with Crippen molar-refractivity contribution in [3.63, 3.8) is 0 Å². The molecule has 2 unspecified atom stereocenters. The Morgan fingerprint density at radius 3 is 2.73 bits per heavy atom. The molecule has 4 heteroatoms. The Labute approximate surface area is 89.5 Å². The van der Waals surface area contributed by atoms with Crippen molar-refractivity contribution in [2.45, 2.75) is 6.92 Å². The smallest absolute Gasteiger partial charge is 0.132 e. The average molecular weight is 204 g/mol. The fourth-order valence-electron chi connectivity index (χ4n) is 2.80. The number of aryl methyl sites for hydroxylation is 1. The topological polar surface area (TPSA) is 55.0 Å². The molecule has 1 aliphatic heterocycles. The second-order valence-electron chi connectivity index (χ2n) is 4.65. The maximum atomic E-state index is 5.69. The molecule has 1 aromatic heterocycles. The molecule has 15 heavy (non-hydrogen) atoms. The zero-order valence-electron chi connectivity index (χ0n) is 8.93. The molecule has 4 nitrogen and oxygen atoms in total. The molecular weight excluding hydrogens is 188 g/mol. The molecular formula is C11H16N4. The summed E-state index contributed by atoms with van der Waals surface area (Å²) in [4.78, 5) is 10.8. The molecule has 1 aliphatic carbocycles. The molecule has 0 amide bonds. The van der Waals surface area contributed by atoms with Crippen molar-refractivity contribution in [3.8, 4) is 0 Å². The van der Waals surface area contributed by atoms with Crippen LogP contribution in [0.25, 0.3) is 0 Å². The Balaban J connectivity index is 1.72. The lowest BCUT2D eigenvalue weighted by Crippen LogP contribution is -2.26. The van der Waals surface area contributed by atoms with Gasteiger partial charge in [0, 0.05) is 24.8 Å². The van der Waals surface area contributed by atoms with Gasteiger partial charge in [0.05, 0.1) is 0 Å². The van der Waals surface area contributed by atoms with Crippen LogP contribution in [0.2, 0.25) is 0 Å². The highest BCUT2D eigenvalue weighted by atomic mass is 15.2. The molecule has 0 radical (unpaired) electrons. The molecule has 1 aromatic rings. The zero-order chi connectivity index (χ0) is 10.4. The summed E-state index contributed by atoms with van der Waals surface area (Å²) in [6, 6.07) is 2.06. The summed E-state index contributed by atoms with van der Waals surface area (Å²) in [5.74, 6) is 3.50. The first-order chi connectivity index (χ1) is 7.29. The van der Waals surface area contributed by atoms with Crippen molar-refractivity contribution in [1.29, 1.82) is 0 Å². The molecule has 2 atom stereocenters. The first-order valence-electron chi connectivity index (χ1n) is 5.53. The standard InChI is InChI=1S/C11H16N4/c1-7-2-11(14-6-13-7)15-4-9-8(3-12)10(9)5-15/h2,6,8-10H,3-5,12H2,1H3. The molecule has 3 rings (SSSR count). The van der Waals surface area contributed by atoms with E-state index >= 15 is 0 Å². The van der Waals surface area contributed by atoms with Gasteiger partial charge in [-0.05, 0) is 31.2 Å². The van der Waals surface area contributed by atoms with Crippen LogP contribution in [0.3, 0.4) is 0 Å². The van der Waals surface area contributed by atoms with Crippen molar-refractivity contribution in [2.75, 3.05) is 24.5 Å². The predicted molar refractivity (Wildman–Crippen MR) is 58.5 cm³/mol. The van der Waals surface area contributed by atoms with Crippen molar-refractivity contribution in [1.82, 2.24) is 9.97 Å². The Hall–Kier alpha value is -1.16. The minimum atomic E-state index is 0.782. The van der Waals surface area contributed by atoms with E-state index in [9.17, 15) is 0 Å². The zero-order valence-corrected chi connectivity index (χ0v) is 8.93. The van der Waals surface area contributed by atoms with Gasteiger partial charge in [-0.15, -0.1) is 0 Å². The molecule has 2 heterocycles. The summed E-state index contributed by atoms with van der Waals surface area (Å²) >= 11 is 0. The molecule has 0 aromatic carbocycles. The number of nitrogens with two attached hydrogens (primary N) is 1. The van der Waals surface area contributed by atoms with E-state index < -0.39 is 0 Å². The van der Waals surface area contributed by atoms with Crippen LogP contribution in [0.15, 0.2) is 12.4 Å². The lowest BCUT2D eigenvalue weighted by Gasteiger charge is -2.20. The van der Waals surface area contributed by atoms with Crippen molar-refractivity contribution >= 4 is 5.82 Å². The van der Waals surface area contributed by atoms with Crippen molar-refractivity contribution in [3.05, 3.63) is 18.1 Å². The second-order valence-corrected chi connectivity index (χ2v) is 4.65. The SMILES string of the molecule is Cc1cc(N2CC3C(CN)C3C2)ncn1. The van der Waals surface area contributed by atoms with E-state index in [1.54, 1.807) is 6.33 Å². The molecule has 2 fully saturated rings. The van der Waals surface area contributed by atoms with E-state index in [4.69, 9.17) is 5.73 Å². The van der Waals surface area contributed by atoms with Gasteiger partial charge in [0.2, 0.25) is 0 Å². The fourth-order valence-corrected chi connectivity index (χ4v) is 2.80. The minimum Gasteiger partial charge on any atom is -0.356 e. The number of aromatic nitrogens is 2. The first kappa shape index (κ1) is 9.09. The largest absolute Gasteiger partial charge is 0.356 e. The number of rotatable bonds is 2. The maximum Gasteiger partial charge on any atom is 0.132 e. The third kappa shape index (κ3) is 1.40. The van der Waals surface area contributed by atoms with Crippen LogP contribution < -0.4 is 10.6 Å².